The first-order valence-corrected chi connectivity index (χ1v) is 8.40. The van der Waals surface area contributed by atoms with Crippen LogP contribution >= 0.6 is 0 Å². The minimum Gasteiger partial charge on any atom is -0.497 e. The number of amides is 1. The summed E-state index contributed by atoms with van der Waals surface area (Å²) in [5, 5.41) is 0. The van der Waals surface area contributed by atoms with Gasteiger partial charge in [0.05, 0.1) is 19.7 Å². The number of rotatable bonds is 3. The van der Waals surface area contributed by atoms with Crippen LogP contribution in [0.3, 0.4) is 0 Å². The number of nitrogens with zero attached hydrogens (tertiary/aromatic N) is 5. The van der Waals surface area contributed by atoms with Gasteiger partial charge in [-0.05, 0) is 30.7 Å². The lowest BCUT2D eigenvalue weighted by molar-refractivity contribution is 0.0578. The van der Waals surface area contributed by atoms with Gasteiger partial charge < -0.3 is 14.2 Å². The number of aromatic nitrogens is 4. The van der Waals surface area contributed by atoms with Crippen molar-refractivity contribution in [3.63, 3.8) is 0 Å². The van der Waals surface area contributed by atoms with Crippen molar-refractivity contribution in [2.75, 3.05) is 7.11 Å². The highest BCUT2D eigenvalue weighted by atomic mass is 16.5. The summed E-state index contributed by atoms with van der Waals surface area (Å²) in [6.45, 7) is 2.86. The smallest absolute Gasteiger partial charge is 0.273 e. The second kappa shape index (κ2) is 6.59. The number of benzene rings is 1. The van der Waals surface area contributed by atoms with Crippen LogP contribution in [0.15, 0.2) is 48.9 Å². The summed E-state index contributed by atoms with van der Waals surface area (Å²) >= 11 is 0. The van der Waals surface area contributed by atoms with Crippen molar-refractivity contribution in [2.45, 2.75) is 26.1 Å². The molecule has 1 aromatic carbocycles. The molecule has 0 saturated heterocycles. The minimum atomic E-state index is -0.120. The normalized spacial score (nSPS) is 16.2. The minimum absolute atomic E-state index is 0.106. The molecule has 7 nitrogen and oxygen atoms in total. The summed E-state index contributed by atoms with van der Waals surface area (Å²) in [6, 6.07) is 9.37. The van der Waals surface area contributed by atoms with Crippen LogP contribution in [0, 0.1) is 6.92 Å². The van der Waals surface area contributed by atoms with Gasteiger partial charge in [-0.15, -0.1) is 0 Å². The second-order valence-electron chi connectivity index (χ2n) is 6.21. The highest BCUT2D eigenvalue weighted by Crippen LogP contribution is 2.31. The number of aryl methyl sites for hydroxylation is 1. The van der Waals surface area contributed by atoms with Gasteiger partial charge in [-0.1, -0.05) is 12.1 Å². The standard InChI is InChI=1S/C19H19N5O2/c1-13-20-8-7-16(22-13)19(25)24-12-18-21-9-10-23(18)11-17(24)14-3-5-15(26-2)6-4-14/h3-10,17H,11-12H2,1-2H3/t17-/m1/s1. The van der Waals surface area contributed by atoms with E-state index in [1.807, 2.05) is 35.4 Å². The first-order chi connectivity index (χ1) is 12.7. The molecule has 1 aliphatic rings. The lowest BCUT2D eigenvalue weighted by Gasteiger charge is -2.36. The van der Waals surface area contributed by atoms with Gasteiger partial charge in [-0.2, -0.15) is 0 Å². The van der Waals surface area contributed by atoms with Crippen LogP contribution in [0.5, 0.6) is 5.75 Å². The Hall–Kier alpha value is -3.22. The monoisotopic (exact) mass is 349 g/mol. The molecule has 3 heterocycles. The van der Waals surface area contributed by atoms with E-state index in [-0.39, 0.29) is 11.9 Å². The van der Waals surface area contributed by atoms with E-state index >= 15 is 0 Å². The zero-order valence-corrected chi connectivity index (χ0v) is 14.7. The van der Waals surface area contributed by atoms with Gasteiger partial charge in [0.2, 0.25) is 0 Å². The highest BCUT2D eigenvalue weighted by molar-refractivity contribution is 5.92. The van der Waals surface area contributed by atoms with Gasteiger partial charge in [-0.25, -0.2) is 15.0 Å². The lowest BCUT2D eigenvalue weighted by atomic mass is 10.0. The summed E-state index contributed by atoms with van der Waals surface area (Å²) in [5.41, 5.74) is 1.44. The number of hydrogen-bond donors (Lipinski definition) is 0. The maximum Gasteiger partial charge on any atom is 0.273 e. The molecule has 1 aliphatic heterocycles. The Balaban J connectivity index is 1.72. The lowest BCUT2D eigenvalue weighted by Crippen LogP contribution is -2.41. The SMILES string of the molecule is COc1ccc([C@H]2Cn3ccnc3CN2C(=O)c2ccnc(C)n2)cc1. The molecule has 1 atom stereocenters. The molecular formula is C19H19N5O2. The van der Waals surface area contributed by atoms with Crippen LogP contribution in [0.2, 0.25) is 0 Å². The van der Waals surface area contributed by atoms with Crippen LogP contribution < -0.4 is 4.74 Å². The van der Waals surface area contributed by atoms with Crippen molar-refractivity contribution in [3.8, 4) is 5.75 Å². The van der Waals surface area contributed by atoms with E-state index in [1.165, 1.54) is 0 Å². The molecule has 0 fully saturated rings. The molecule has 4 rings (SSSR count). The maximum absolute atomic E-state index is 13.2. The van der Waals surface area contributed by atoms with Gasteiger partial charge in [-0.3, -0.25) is 4.79 Å². The van der Waals surface area contributed by atoms with Crippen molar-refractivity contribution in [1.82, 2.24) is 24.4 Å². The van der Waals surface area contributed by atoms with Crippen LogP contribution in [0.25, 0.3) is 0 Å². The third-order valence-electron chi connectivity index (χ3n) is 4.62. The maximum atomic E-state index is 13.2. The van der Waals surface area contributed by atoms with Crippen molar-refractivity contribution < 1.29 is 9.53 Å². The Morgan fingerprint density at radius 2 is 1.96 bits per heavy atom. The first kappa shape index (κ1) is 16.3. The Labute approximate surface area is 151 Å². The van der Waals surface area contributed by atoms with E-state index in [0.717, 1.165) is 17.1 Å². The highest BCUT2D eigenvalue weighted by Gasteiger charge is 2.32. The predicted molar refractivity (Wildman–Crippen MR) is 94.6 cm³/mol. The molecule has 0 aliphatic carbocycles. The van der Waals surface area contributed by atoms with Crippen molar-refractivity contribution >= 4 is 5.91 Å². The van der Waals surface area contributed by atoms with Crippen molar-refractivity contribution in [3.05, 3.63) is 71.8 Å². The van der Waals surface area contributed by atoms with E-state index in [4.69, 9.17) is 4.74 Å². The number of carbonyl (C=O) groups is 1. The molecule has 0 bridgehead atoms. The number of fused-ring (bicyclic) bond motifs is 1. The Morgan fingerprint density at radius 1 is 1.15 bits per heavy atom. The number of methoxy groups -OCH3 is 1. The fourth-order valence-corrected chi connectivity index (χ4v) is 3.25. The number of ether oxygens (including phenoxy) is 1. The molecule has 2 aromatic heterocycles. The second-order valence-corrected chi connectivity index (χ2v) is 6.21. The average molecular weight is 349 g/mol. The molecule has 26 heavy (non-hydrogen) atoms. The van der Waals surface area contributed by atoms with Crippen LogP contribution in [0.1, 0.15) is 33.7 Å². The van der Waals surface area contributed by atoms with Gasteiger partial charge in [0.1, 0.15) is 23.1 Å². The predicted octanol–water partition coefficient (Wildman–Crippen LogP) is 2.39. The fourth-order valence-electron chi connectivity index (χ4n) is 3.25. The Kier molecular flexibility index (Phi) is 4.12. The van der Waals surface area contributed by atoms with Crippen molar-refractivity contribution in [2.24, 2.45) is 0 Å². The Morgan fingerprint density at radius 3 is 2.69 bits per heavy atom. The molecule has 1 amide bonds. The zero-order valence-electron chi connectivity index (χ0n) is 14.7. The van der Waals surface area contributed by atoms with E-state index in [1.54, 1.807) is 32.5 Å². The summed E-state index contributed by atoms with van der Waals surface area (Å²) in [4.78, 5) is 27.7. The summed E-state index contributed by atoms with van der Waals surface area (Å²) in [6.07, 6.45) is 5.33. The van der Waals surface area contributed by atoms with E-state index < -0.39 is 0 Å². The molecule has 0 unspecified atom stereocenters. The molecule has 0 spiro atoms. The number of hydrogen-bond acceptors (Lipinski definition) is 5. The number of carbonyl (C=O) groups excluding carboxylic acids is 1. The topological polar surface area (TPSA) is 73.1 Å². The van der Waals surface area contributed by atoms with E-state index in [2.05, 4.69) is 19.5 Å². The van der Waals surface area contributed by atoms with Gasteiger partial charge >= 0.3 is 0 Å². The summed E-state index contributed by atoms with van der Waals surface area (Å²) in [7, 11) is 1.64. The third kappa shape index (κ3) is 2.92. The molecule has 3 aromatic rings. The summed E-state index contributed by atoms with van der Waals surface area (Å²) < 4.78 is 7.33. The molecule has 0 radical (unpaired) electrons. The largest absolute Gasteiger partial charge is 0.497 e. The van der Waals surface area contributed by atoms with Crippen LogP contribution in [-0.4, -0.2) is 37.4 Å². The zero-order chi connectivity index (χ0) is 18.1. The van der Waals surface area contributed by atoms with Crippen LogP contribution in [0.4, 0.5) is 0 Å². The van der Waals surface area contributed by atoms with E-state index in [0.29, 0.717) is 24.6 Å². The third-order valence-corrected chi connectivity index (χ3v) is 4.62. The molecular weight excluding hydrogens is 330 g/mol. The van der Waals surface area contributed by atoms with Crippen molar-refractivity contribution in [1.29, 1.82) is 0 Å². The van der Waals surface area contributed by atoms with E-state index in [9.17, 15) is 4.79 Å². The quantitative estimate of drug-likeness (QED) is 0.726. The first-order valence-electron chi connectivity index (χ1n) is 8.40. The Bertz CT molecular complexity index is 935. The van der Waals surface area contributed by atoms with Gasteiger partial charge in [0, 0.05) is 25.1 Å². The average Bonchev–Trinajstić information content (AvgIpc) is 3.14. The van der Waals surface area contributed by atoms with Gasteiger partial charge in [0.25, 0.3) is 5.91 Å². The molecule has 0 N–H and O–H groups in total. The summed E-state index contributed by atoms with van der Waals surface area (Å²) in [5.74, 6) is 2.12. The van der Waals surface area contributed by atoms with Crippen LogP contribution in [-0.2, 0) is 13.1 Å². The molecule has 7 heteroatoms. The molecule has 0 saturated carbocycles. The molecule has 132 valence electrons. The van der Waals surface area contributed by atoms with Gasteiger partial charge in [0.15, 0.2) is 0 Å². The fraction of sp³-hybridized carbons (Fsp3) is 0.263. The number of imidazole rings is 1.